The van der Waals surface area contributed by atoms with Crippen molar-refractivity contribution in [3.63, 3.8) is 0 Å². The molecule has 6 nitrogen and oxygen atoms in total. The highest BCUT2D eigenvalue weighted by Gasteiger charge is 2.13. The maximum absolute atomic E-state index is 11.6. The van der Waals surface area contributed by atoms with Crippen molar-refractivity contribution >= 4 is 23.3 Å². The lowest BCUT2D eigenvalue weighted by Crippen LogP contribution is -2.39. The van der Waals surface area contributed by atoms with E-state index in [1.54, 1.807) is 24.6 Å². The fourth-order valence-electron chi connectivity index (χ4n) is 1.31. The van der Waals surface area contributed by atoms with Gasteiger partial charge in [0.15, 0.2) is 0 Å². The van der Waals surface area contributed by atoms with Crippen LogP contribution < -0.4 is 5.32 Å². The lowest BCUT2D eigenvalue weighted by atomic mass is 10.2. The molecular formula is C11H17N3O3S. The van der Waals surface area contributed by atoms with Gasteiger partial charge in [-0.3, -0.25) is 4.79 Å². The normalized spacial score (nSPS) is 11.9. The molecule has 0 radical (unpaired) electrons. The van der Waals surface area contributed by atoms with Crippen LogP contribution in [0.2, 0.25) is 0 Å². The molecule has 0 spiro atoms. The molecule has 0 aliphatic heterocycles. The minimum atomic E-state index is -0.911. The van der Waals surface area contributed by atoms with Crippen LogP contribution in [0, 0.1) is 0 Å². The Balaban J connectivity index is 2.30. The first-order valence-electron chi connectivity index (χ1n) is 5.61. The van der Waals surface area contributed by atoms with Gasteiger partial charge >= 0.3 is 12.0 Å². The van der Waals surface area contributed by atoms with E-state index >= 15 is 0 Å². The van der Waals surface area contributed by atoms with Crippen LogP contribution in [0.5, 0.6) is 0 Å². The van der Waals surface area contributed by atoms with Gasteiger partial charge in [-0.2, -0.15) is 0 Å². The van der Waals surface area contributed by atoms with Crippen LogP contribution >= 0.6 is 11.3 Å². The van der Waals surface area contributed by atoms with Crippen LogP contribution in [-0.4, -0.2) is 47.1 Å². The van der Waals surface area contributed by atoms with Gasteiger partial charge in [-0.15, -0.1) is 11.3 Å². The number of hydrogen-bond donors (Lipinski definition) is 2. The molecule has 0 saturated heterocycles. The summed E-state index contributed by atoms with van der Waals surface area (Å²) in [6.07, 6.45) is 1.68. The van der Waals surface area contributed by atoms with Crippen molar-refractivity contribution in [3.8, 4) is 0 Å². The maximum Gasteiger partial charge on any atom is 0.317 e. The zero-order valence-corrected chi connectivity index (χ0v) is 11.2. The monoisotopic (exact) mass is 271 g/mol. The number of nitrogens with one attached hydrogen (secondary N) is 1. The molecule has 7 heteroatoms. The summed E-state index contributed by atoms with van der Waals surface area (Å²) in [4.78, 5) is 27.6. The molecule has 1 aromatic rings. The Labute approximate surface area is 110 Å². The first-order chi connectivity index (χ1) is 8.50. The minimum Gasteiger partial charge on any atom is -0.481 e. The molecule has 0 aromatic carbocycles. The summed E-state index contributed by atoms with van der Waals surface area (Å²) in [7, 11) is 1.58. The van der Waals surface area contributed by atoms with E-state index in [0.717, 1.165) is 5.01 Å². The molecule has 1 unspecified atom stereocenters. The van der Waals surface area contributed by atoms with Gasteiger partial charge in [0, 0.05) is 37.6 Å². The first kappa shape index (κ1) is 14.4. The highest BCUT2D eigenvalue weighted by atomic mass is 32.1. The average molecular weight is 271 g/mol. The molecule has 0 fully saturated rings. The number of hydrogen-bond acceptors (Lipinski definition) is 4. The number of carbonyl (C=O) groups is 2. The van der Waals surface area contributed by atoms with Gasteiger partial charge in [-0.25, -0.2) is 9.78 Å². The van der Waals surface area contributed by atoms with E-state index in [4.69, 9.17) is 5.11 Å². The number of carboxylic acid groups (broad SMARTS) is 1. The number of aromatic nitrogens is 1. The zero-order chi connectivity index (χ0) is 13.5. The third-order valence-electron chi connectivity index (χ3n) is 2.44. The lowest BCUT2D eigenvalue weighted by Gasteiger charge is -2.18. The van der Waals surface area contributed by atoms with Gasteiger partial charge in [0.2, 0.25) is 0 Å². The van der Waals surface area contributed by atoms with Crippen molar-refractivity contribution in [1.82, 2.24) is 15.2 Å². The Morgan fingerprint density at radius 3 is 2.89 bits per heavy atom. The quantitative estimate of drug-likeness (QED) is 0.818. The molecule has 1 atom stereocenters. The predicted molar refractivity (Wildman–Crippen MR) is 68.8 cm³/mol. The van der Waals surface area contributed by atoms with E-state index in [-0.39, 0.29) is 24.9 Å². The van der Waals surface area contributed by atoms with E-state index in [2.05, 4.69) is 10.3 Å². The zero-order valence-electron chi connectivity index (χ0n) is 10.4. The van der Waals surface area contributed by atoms with Crippen molar-refractivity contribution in [2.75, 3.05) is 20.1 Å². The largest absolute Gasteiger partial charge is 0.481 e. The average Bonchev–Trinajstić information content (AvgIpc) is 2.86. The minimum absolute atomic E-state index is 0.0496. The third-order valence-corrected chi connectivity index (χ3v) is 3.45. The van der Waals surface area contributed by atoms with Crippen molar-refractivity contribution in [1.29, 1.82) is 0 Å². The summed E-state index contributed by atoms with van der Waals surface area (Å²) in [6, 6.07) is -0.264. The van der Waals surface area contributed by atoms with Gasteiger partial charge in [-0.05, 0) is 0 Å². The summed E-state index contributed by atoms with van der Waals surface area (Å²) >= 11 is 1.55. The third kappa shape index (κ3) is 4.70. The van der Waals surface area contributed by atoms with Crippen LogP contribution in [0.3, 0.4) is 0 Å². The smallest absolute Gasteiger partial charge is 0.317 e. The Hall–Kier alpha value is -1.63. The number of rotatable bonds is 6. The molecule has 1 heterocycles. The van der Waals surface area contributed by atoms with Crippen LogP contribution in [-0.2, 0) is 4.79 Å². The molecule has 0 aliphatic carbocycles. The Kier molecular flexibility index (Phi) is 5.57. The van der Waals surface area contributed by atoms with Crippen LogP contribution in [0.4, 0.5) is 4.79 Å². The predicted octanol–water partition coefficient (Wildman–Crippen LogP) is 1.36. The molecule has 100 valence electrons. The molecule has 2 amide bonds. The van der Waals surface area contributed by atoms with Gasteiger partial charge in [0.25, 0.3) is 0 Å². The fourth-order valence-corrected chi connectivity index (χ4v) is 2.00. The van der Waals surface area contributed by atoms with E-state index < -0.39 is 5.97 Å². The van der Waals surface area contributed by atoms with Crippen LogP contribution in [0.15, 0.2) is 11.6 Å². The summed E-state index contributed by atoms with van der Waals surface area (Å²) in [5, 5.41) is 14.1. The highest BCUT2D eigenvalue weighted by molar-refractivity contribution is 7.09. The second-order valence-corrected chi connectivity index (χ2v) is 4.95. The number of nitrogens with zero attached hydrogens (tertiary/aromatic N) is 2. The molecule has 0 aliphatic rings. The number of aliphatic carboxylic acids is 1. The van der Waals surface area contributed by atoms with E-state index in [0.29, 0.717) is 6.54 Å². The van der Waals surface area contributed by atoms with Crippen molar-refractivity contribution in [3.05, 3.63) is 16.6 Å². The lowest BCUT2D eigenvalue weighted by molar-refractivity contribution is -0.137. The summed E-state index contributed by atoms with van der Waals surface area (Å²) in [5.41, 5.74) is 0. The van der Waals surface area contributed by atoms with E-state index in [1.807, 2.05) is 12.3 Å². The number of thiazole rings is 1. The van der Waals surface area contributed by atoms with E-state index in [9.17, 15) is 9.59 Å². The molecule has 1 aromatic heterocycles. The SMILES string of the molecule is CC(CNC(=O)N(C)CCC(=O)O)c1nccs1. The Morgan fingerprint density at radius 2 is 2.33 bits per heavy atom. The summed E-state index contributed by atoms with van der Waals surface area (Å²) in [5.74, 6) is -0.757. The van der Waals surface area contributed by atoms with E-state index in [1.165, 1.54) is 4.90 Å². The number of amides is 2. The molecule has 2 N–H and O–H groups in total. The molecule has 0 saturated carbocycles. The number of carbonyl (C=O) groups excluding carboxylic acids is 1. The Bertz CT molecular complexity index is 394. The van der Waals surface area contributed by atoms with Crippen molar-refractivity contribution in [2.24, 2.45) is 0 Å². The van der Waals surface area contributed by atoms with Gasteiger partial charge in [0.05, 0.1) is 11.4 Å². The van der Waals surface area contributed by atoms with Crippen molar-refractivity contribution in [2.45, 2.75) is 19.3 Å². The van der Waals surface area contributed by atoms with Gasteiger partial charge in [-0.1, -0.05) is 6.92 Å². The highest BCUT2D eigenvalue weighted by Crippen LogP contribution is 2.16. The molecule has 18 heavy (non-hydrogen) atoms. The van der Waals surface area contributed by atoms with Crippen LogP contribution in [0.1, 0.15) is 24.3 Å². The maximum atomic E-state index is 11.6. The summed E-state index contributed by atoms with van der Waals surface area (Å²) in [6.45, 7) is 2.67. The Morgan fingerprint density at radius 1 is 1.61 bits per heavy atom. The second-order valence-electron chi connectivity index (χ2n) is 4.02. The van der Waals surface area contributed by atoms with Crippen molar-refractivity contribution < 1.29 is 14.7 Å². The number of urea groups is 1. The second kappa shape index (κ2) is 6.95. The molecular weight excluding hydrogens is 254 g/mol. The first-order valence-corrected chi connectivity index (χ1v) is 6.48. The van der Waals surface area contributed by atoms with Gasteiger partial charge in [0.1, 0.15) is 0 Å². The fraction of sp³-hybridized carbons (Fsp3) is 0.545. The standard InChI is InChI=1S/C11H17N3O3S/c1-8(10-12-4-6-18-10)7-13-11(17)14(2)5-3-9(15)16/h4,6,8H,3,5,7H2,1-2H3,(H,13,17)(H,15,16). The topological polar surface area (TPSA) is 82.5 Å². The summed E-state index contributed by atoms with van der Waals surface area (Å²) < 4.78 is 0. The van der Waals surface area contributed by atoms with Crippen LogP contribution in [0.25, 0.3) is 0 Å². The number of carboxylic acids is 1. The van der Waals surface area contributed by atoms with Gasteiger partial charge < -0.3 is 15.3 Å². The molecule has 0 bridgehead atoms. The molecule has 1 rings (SSSR count).